The molecule has 4 rings (SSSR count). The van der Waals surface area contributed by atoms with E-state index in [4.69, 9.17) is 4.74 Å². The summed E-state index contributed by atoms with van der Waals surface area (Å²) in [7, 11) is -0.110. The van der Waals surface area contributed by atoms with Gasteiger partial charge in [0.15, 0.2) is 0 Å². The van der Waals surface area contributed by atoms with Crippen molar-refractivity contribution in [3.05, 3.63) is 99.2 Å². The molecule has 0 aliphatic rings. The Bertz CT molecular complexity index is 1900. The van der Waals surface area contributed by atoms with Gasteiger partial charge in [0.05, 0.1) is 41.3 Å². The molecule has 254 valence electrons. The summed E-state index contributed by atoms with van der Waals surface area (Å²) in [6.07, 6.45) is 0.259. The Kier molecular flexibility index (Phi) is 11.4. The topological polar surface area (TPSA) is 164 Å². The van der Waals surface area contributed by atoms with E-state index in [0.29, 0.717) is 16.0 Å². The van der Waals surface area contributed by atoms with E-state index in [1.54, 1.807) is 25.9 Å². The van der Waals surface area contributed by atoms with Crippen LogP contribution in [0.25, 0.3) is 10.4 Å². The number of non-ortho nitro benzene ring substituents is 1. The minimum atomic E-state index is -3.60. The largest absolute Gasteiger partial charge is 0.449 e. The van der Waals surface area contributed by atoms with E-state index in [1.807, 2.05) is 0 Å². The number of pyridine rings is 1. The van der Waals surface area contributed by atoms with Crippen LogP contribution in [0.5, 0.6) is 0 Å². The number of nitro benzene ring substituents is 1. The number of hydrogen-bond donors (Lipinski definition) is 2. The third-order valence-electron chi connectivity index (χ3n) is 6.80. The van der Waals surface area contributed by atoms with Crippen molar-refractivity contribution >= 4 is 55.6 Å². The van der Waals surface area contributed by atoms with Gasteiger partial charge in [0, 0.05) is 29.1 Å². The fraction of sp³-hybridized carbons (Fsp3) is 0.258. The summed E-state index contributed by atoms with van der Waals surface area (Å²) >= 11 is 0.969. The smallest absolute Gasteiger partial charge is 0.415 e. The average Bonchev–Trinajstić information content (AvgIpc) is 3.39. The van der Waals surface area contributed by atoms with Crippen LogP contribution >= 0.6 is 11.3 Å². The predicted octanol–water partition coefficient (Wildman–Crippen LogP) is 6.24. The first-order valence-corrected chi connectivity index (χ1v) is 16.9. The highest BCUT2D eigenvalue weighted by Gasteiger charge is 2.33. The lowest BCUT2D eigenvalue weighted by molar-refractivity contribution is -0.384. The van der Waals surface area contributed by atoms with Crippen LogP contribution in [-0.4, -0.2) is 61.7 Å². The maximum Gasteiger partial charge on any atom is 0.415 e. The summed E-state index contributed by atoms with van der Waals surface area (Å²) in [5, 5.41) is 14.0. The van der Waals surface area contributed by atoms with Crippen LogP contribution in [0.1, 0.15) is 35.3 Å². The SMILES string of the molecule is CCOC(=O)N(Cc1c(F)cccc1F)c1sc(-c2ccc([N+](=O)[O-])cc2)c(CN(C)C)c1C(=O)Nc1ccc(NS(=O)(=O)CC)nc1. The Hall–Kier alpha value is -5.00. The van der Waals surface area contributed by atoms with Gasteiger partial charge in [-0.2, -0.15) is 0 Å². The molecule has 48 heavy (non-hydrogen) atoms. The molecule has 0 bridgehead atoms. The van der Waals surface area contributed by atoms with Gasteiger partial charge < -0.3 is 15.0 Å². The molecule has 2 aromatic carbocycles. The molecule has 0 aliphatic carbocycles. The zero-order valence-corrected chi connectivity index (χ0v) is 28.0. The summed E-state index contributed by atoms with van der Waals surface area (Å²) in [6.45, 7) is 2.45. The van der Waals surface area contributed by atoms with E-state index in [2.05, 4.69) is 15.0 Å². The fourth-order valence-electron chi connectivity index (χ4n) is 4.53. The van der Waals surface area contributed by atoms with Crippen LogP contribution in [0.2, 0.25) is 0 Å². The number of hydrogen-bond acceptors (Lipinski definition) is 10. The molecule has 17 heteroatoms. The average molecular weight is 703 g/mol. The summed E-state index contributed by atoms with van der Waals surface area (Å²) in [6, 6.07) is 11.6. The van der Waals surface area contributed by atoms with Crippen LogP contribution in [0.3, 0.4) is 0 Å². The molecule has 0 fully saturated rings. The zero-order valence-electron chi connectivity index (χ0n) is 26.3. The first-order valence-electron chi connectivity index (χ1n) is 14.4. The Balaban J connectivity index is 1.91. The number of nitro groups is 1. The van der Waals surface area contributed by atoms with E-state index >= 15 is 0 Å². The zero-order chi connectivity index (χ0) is 35.2. The number of carbonyl (C=O) groups is 2. The molecule has 2 aromatic heterocycles. The molecular weight excluding hydrogens is 671 g/mol. The molecule has 0 radical (unpaired) electrons. The number of amides is 2. The van der Waals surface area contributed by atoms with Crippen LogP contribution in [0, 0.1) is 21.7 Å². The number of rotatable bonds is 13. The number of sulfonamides is 1. The maximum atomic E-state index is 14.9. The van der Waals surface area contributed by atoms with E-state index in [-0.39, 0.29) is 46.7 Å². The van der Waals surface area contributed by atoms with Crippen molar-refractivity contribution in [1.29, 1.82) is 0 Å². The Morgan fingerprint density at radius 3 is 2.21 bits per heavy atom. The Morgan fingerprint density at radius 2 is 1.67 bits per heavy atom. The van der Waals surface area contributed by atoms with Crippen LogP contribution in [0.4, 0.5) is 35.8 Å². The molecular formula is C31H32F2N6O7S2. The second kappa shape index (κ2) is 15.3. The molecule has 0 spiro atoms. The molecule has 2 amide bonds. The number of carbonyl (C=O) groups excluding carboxylic acids is 2. The molecule has 0 aliphatic heterocycles. The van der Waals surface area contributed by atoms with Gasteiger partial charge in [-0.1, -0.05) is 6.07 Å². The van der Waals surface area contributed by atoms with E-state index in [0.717, 1.165) is 28.4 Å². The monoisotopic (exact) mass is 702 g/mol. The highest BCUT2D eigenvalue weighted by molar-refractivity contribution is 7.92. The van der Waals surface area contributed by atoms with E-state index in [9.17, 15) is 36.9 Å². The van der Waals surface area contributed by atoms with Gasteiger partial charge in [-0.3, -0.25) is 24.5 Å². The second-order valence-corrected chi connectivity index (χ2v) is 13.5. The third-order valence-corrected chi connectivity index (χ3v) is 9.39. The van der Waals surface area contributed by atoms with Crippen molar-refractivity contribution in [2.75, 3.05) is 41.4 Å². The lowest BCUT2D eigenvalue weighted by atomic mass is 10.0. The number of nitrogens with zero attached hydrogens (tertiary/aromatic N) is 4. The number of aromatic nitrogens is 1. The number of nitrogens with one attached hydrogen (secondary N) is 2. The van der Waals surface area contributed by atoms with Crippen LogP contribution < -0.4 is 14.9 Å². The van der Waals surface area contributed by atoms with Crippen molar-refractivity contribution in [3.8, 4) is 10.4 Å². The predicted molar refractivity (Wildman–Crippen MR) is 179 cm³/mol. The van der Waals surface area contributed by atoms with Gasteiger partial charge in [-0.25, -0.2) is 27.0 Å². The first kappa shape index (κ1) is 35.8. The molecule has 0 saturated carbocycles. The van der Waals surface area contributed by atoms with Crippen molar-refractivity contribution in [2.45, 2.75) is 26.9 Å². The maximum absolute atomic E-state index is 14.9. The van der Waals surface area contributed by atoms with Crippen LogP contribution in [0.15, 0.2) is 60.8 Å². The van der Waals surface area contributed by atoms with Gasteiger partial charge in [0.2, 0.25) is 10.0 Å². The summed E-state index contributed by atoms with van der Waals surface area (Å²) < 4.78 is 61.3. The van der Waals surface area contributed by atoms with Gasteiger partial charge in [-0.15, -0.1) is 11.3 Å². The number of benzene rings is 2. The third kappa shape index (κ3) is 8.47. The molecule has 0 unspecified atom stereocenters. The quantitative estimate of drug-likeness (QED) is 0.121. The van der Waals surface area contributed by atoms with E-state index in [1.165, 1.54) is 55.6 Å². The lowest BCUT2D eigenvalue weighted by Crippen LogP contribution is -2.33. The molecule has 2 N–H and O–H groups in total. The highest BCUT2D eigenvalue weighted by Crippen LogP contribution is 2.44. The minimum absolute atomic E-state index is 0.000842. The van der Waals surface area contributed by atoms with Crippen molar-refractivity contribution < 1.29 is 36.4 Å². The summed E-state index contributed by atoms with van der Waals surface area (Å²) in [4.78, 5) is 45.7. The minimum Gasteiger partial charge on any atom is -0.449 e. The Labute approximate surface area is 279 Å². The molecule has 0 saturated heterocycles. The van der Waals surface area contributed by atoms with Crippen molar-refractivity contribution in [1.82, 2.24) is 9.88 Å². The van der Waals surface area contributed by atoms with Gasteiger partial charge >= 0.3 is 6.09 Å². The second-order valence-electron chi connectivity index (χ2n) is 10.5. The lowest BCUT2D eigenvalue weighted by Gasteiger charge is -2.23. The number of halogens is 2. The number of ether oxygens (including phenoxy) is 1. The summed E-state index contributed by atoms with van der Waals surface area (Å²) in [5.74, 6) is -2.70. The van der Waals surface area contributed by atoms with Crippen LogP contribution in [-0.2, 0) is 27.8 Å². The highest BCUT2D eigenvalue weighted by atomic mass is 32.2. The molecule has 4 aromatic rings. The van der Waals surface area contributed by atoms with Crippen molar-refractivity contribution in [3.63, 3.8) is 0 Å². The van der Waals surface area contributed by atoms with E-state index < -0.39 is 50.7 Å². The molecule has 0 atom stereocenters. The van der Waals surface area contributed by atoms with Gasteiger partial charge in [-0.05, 0) is 75.5 Å². The number of anilines is 3. The van der Waals surface area contributed by atoms with Gasteiger partial charge in [0.25, 0.3) is 11.6 Å². The fourth-order valence-corrected chi connectivity index (χ4v) is 6.41. The number of thiophene rings is 1. The standard InChI is InChI=1S/C31H32F2N6O7S2/c1-5-46-31(41)38(18-22-24(32)8-7-9-25(22)33)30-27(29(40)35-20-12-15-26(34-16-20)36-48(44,45)6-2)23(17-37(3)4)28(47-30)19-10-13-21(14-11-19)39(42)43/h7-16H,5-6,17-18H2,1-4H3,(H,34,36)(H,35,40). The molecule has 2 heterocycles. The Morgan fingerprint density at radius 1 is 1.00 bits per heavy atom. The summed E-state index contributed by atoms with van der Waals surface area (Å²) in [5.41, 5.74) is 0.441. The first-order chi connectivity index (χ1) is 22.7. The van der Waals surface area contributed by atoms with Crippen molar-refractivity contribution in [2.24, 2.45) is 0 Å². The van der Waals surface area contributed by atoms with Gasteiger partial charge in [0.1, 0.15) is 22.5 Å². The normalized spacial score (nSPS) is 11.3. The molecule has 13 nitrogen and oxygen atoms in total.